The molecular formula is C25H21BrN4O6. The quantitative estimate of drug-likeness (QED) is 0.342. The number of rotatable bonds is 7. The Morgan fingerprint density at radius 3 is 2.39 bits per heavy atom. The first-order chi connectivity index (χ1) is 17.3. The third kappa shape index (κ3) is 5.36. The molecule has 10 nitrogen and oxygen atoms in total. The van der Waals surface area contributed by atoms with Crippen molar-refractivity contribution in [3.63, 3.8) is 0 Å². The minimum Gasteiger partial charge on any atom is -0.496 e. The van der Waals surface area contributed by atoms with Crippen LogP contribution in [0.15, 0.2) is 68.9 Å². The predicted molar refractivity (Wildman–Crippen MR) is 134 cm³/mol. The van der Waals surface area contributed by atoms with Gasteiger partial charge in [0.2, 0.25) is 5.69 Å². The molecule has 0 bridgehead atoms. The van der Waals surface area contributed by atoms with Gasteiger partial charge in [0.1, 0.15) is 23.9 Å². The third-order valence-electron chi connectivity index (χ3n) is 5.17. The van der Waals surface area contributed by atoms with E-state index in [9.17, 15) is 14.4 Å². The van der Waals surface area contributed by atoms with Gasteiger partial charge < -0.3 is 14.2 Å². The van der Waals surface area contributed by atoms with Crippen molar-refractivity contribution >= 4 is 21.9 Å². The molecule has 0 aliphatic carbocycles. The predicted octanol–water partition coefficient (Wildman–Crippen LogP) is 3.85. The summed E-state index contributed by atoms with van der Waals surface area (Å²) in [5.41, 5.74) is 0.179. The maximum Gasteiger partial charge on any atom is 0.364 e. The van der Waals surface area contributed by atoms with Crippen LogP contribution in [-0.2, 0) is 11.3 Å². The number of aromatic amines is 1. The fourth-order valence-corrected chi connectivity index (χ4v) is 3.96. The molecule has 2 heterocycles. The number of aromatic nitrogens is 4. The van der Waals surface area contributed by atoms with Crippen molar-refractivity contribution in [1.82, 2.24) is 19.7 Å². The molecule has 0 saturated carbocycles. The minimum atomic E-state index is -0.958. The lowest BCUT2D eigenvalue weighted by atomic mass is 10.1. The van der Waals surface area contributed by atoms with Crippen LogP contribution in [0.25, 0.3) is 5.69 Å². The molecule has 184 valence electrons. The number of benzene rings is 2. The zero-order valence-electron chi connectivity index (χ0n) is 19.6. The summed E-state index contributed by atoms with van der Waals surface area (Å²) >= 11 is 3.44. The number of nitrogens with one attached hydrogen (secondary N) is 1. The second-order valence-corrected chi connectivity index (χ2v) is 8.61. The highest BCUT2D eigenvalue weighted by Crippen LogP contribution is 2.34. The molecular weight excluding hydrogens is 532 g/mol. The van der Waals surface area contributed by atoms with Crippen molar-refractivity contribution in [2.75, 3.05) is 7.11 Å². The van der Waals surface area contributed by atoms with Gasteiger partial charge in [-0.05, 0) is 88.9 Å². The molecule has 0 spiro atoms. The van der Waals surface area contributed by atoms with E-state index in [0.29, 0.717) is 39.6 Å². The lowest BCUT2D eigenvalue weighted by Crippen LogP contribution is -2.36. The van der Waals surface area contributed by atoms with Crippen LogP contribution >= 0.6 is 15.9 Å². The van der Waals surface area contributed by atoms with Gasteiger partial charge in [0.25, 0.3) is 5.56 Å². The van der Waals surface area contributed by atoms with E-state index in [1.165, 1.54) is 0 Å². The largest absolute Gasteiger partial charge is 0.496 e. The molecule has 4 aromatic rings. The van der Waals surface area contributed by atoms with Crippen LogP contribution in [0.4, 0.5) is 0 Å². The topological polar surface area (TPSA) is 125 Å². The molecule has 1 N–H and O–H groups in total. The van der Waals surface area contributed by atoms with Crippen molar-refractivity contribution < 1.29 is 19.0 Å². The standard InChI is InChI=1S/C25H21BrN4O6/c1-14-10-17(11-15(2)22(14)36-18-4-5-20(34-3)19(26)12-18)30-25(33)28-23(31)21(29-30)24(32)35-13-16-6-8-27-9-7-16/h4-12H,13H2,1-3H3,(H,28,31,33). The fourth-order valence-electron chi connectivity index (χ4n) is 3.44. The molecule has 0 unspecified atom stereocenters. The Bertz CT molecular complexity index is 1530. The molecule has 0 radical (unpaired) electrons. The lowest BCUT2D eigenvalue weighted by Gasteiger charge is -2.15. The monoisotopic (exact) mass is 552 g/mol. The molecule has 0 aliphatic rings. The van der Waals surface area contributed by atoms with Gasteiger partial charge in [-0.15, -0.1) is 0 Å². The van der Waals surface area contributed by atoms with Crippen LogP contribution in [0.2, 0.25) is 0 Å². The molecule has 0 aliphatic heterocycles. The first kappa shape index (κ1) is 24.9. The molecule has 0 fully saturated rings. The maximum atomic E-state index is 12.5. The van der Waals surface area contributed by atoms with Crippen LogP contribution in [0.3, 0.4) is 0 Å². The number of aryl methyl sites for hydroxylation is 2. The van der Waals surface area contributed by atoms with Crippen molar-refractivity contribution in [2.24, 2.45) is 0 Å². The normalized spacial score (nSPS) is 10.7. The fraction of sp³-hybridized carbons (Fsp3) is 0.160. The molecule has 11 heteroatoms. The zero-order valence-corrected chi connectivity index (χ0v) is 21.2. The molecule has 0 saturated heterocycles. The highest BCUT2D eigenvalue weighted by Gasteiger charge is 2.19. The number of hydrogen-bond acceptors (Lipinski definition) is 8. The van der Waals surface area contributed by atoms with E-state index in [4.69, 9.17) is 14.2 Å². The summed E-state index contributed by atoms with van der Waals surface area (Å²) in [4.78, 5) is 43.3. The summed E-state index contributed by atoms with van der Waals surface area (Å²) < 4.78 is 18.2. The van der Waals surface area contributed by atoms with Gasteiger partial charge in [-0.3, -0.25) is 14.8 Å². The van der Waals surface area contributed by atoms with Crippen molar-refractivity contribution in [1.29, 1.82) is 0 Å². The number of pyridine rings is 1. The van der Waals surface area contributed by atoms with Crippen molar-refractivity contribution in [2.45, 2.75) is 20.5 Å². The molecule has 0 atom stereocenters. The Kier molecular flexibility index (Phi) is 7.30. The summed E-state index contributed by atoms with van der Waals surface area (Å²) in [6, 6.07) is 12.0. The van der Waals surface area contributed by atoms with Crippen LogP contribution in [0, 0.1) is 13.8 Å². The van der Waals surface area contributed by atoms with Crippen LogP contribution in [0.5, 0.6) is 17.2 Å². The molecule has 0 amide bonds. The smallest absolute Gasteiger partial charge is 0.364 e. The van der Waals surface area contributed by atoms with Gasteiger partial charge >= 0.3 is 11.7 Å². The number of H-pyrrole nitrogens is 1. The molecule has 4 rings (SSSR count). The molecule has 2 aromatic carbocycles. The van der Waals surface area contributed by atoms with Gasteiger partial charge in [0.05, 0.1) is 17.3 Å². The Hall–Kier alpha value is -4.25. The van der Waals surface area contributed by atoms with Crippen LogP contribution in [-0.4, -0.2) is 32.8 Å². The van der Waals surface area contributed by atoms with E-state index >= 15 is 0 Å². The average molecular weight is 553 g/mol. The summed E-state index contributed by atoms with van der Waals surface area (Å²) in [7, 11) is 1.58. The van der Waals surface area contributed by atoms with Crippen molar-refractivity contribution in [3.05, 3.63) is 103 Å². The highest BCUT2D eigenvalue weighted by atomic mass is 79.9. The Balaban J connectivity index is 1.63. The number of halogens is 1. The van der Waals surface area contributed by atoms with E-state index in [2.05, 4.69) is 31.0 Å². The Labute approximate surface area is 213 Å². The SMILES string of the molecule is COc1ccc(Oc2c(C)cc(-n3nc(C(=O)OCc4ccncc4)c(=O)[nH]c3=O)cc2C)cc1Br. The average Bonchev–Trinajstić information content (AvgIpc) is 2.85. The Morgan fingerprint density at radius 2 is 1.75 bits per heavy atom. The number of ether oxygens (including phenoxy) is 3. The lowest BCUT2D eigenvalue weighted by molar-refractivity contribution is 0.0460. The number of hydrogen-bond donors (Lipinski definition) is 1. The van der Waals surface area contributed by atoms with Gasteiger partial charge in [0.15, 0.2) is 0 Å². The Morgan fingerprint density at radius 1 is 1.06 bits per heavy atom. The van der Waals surface area contributed by atoms with Crippen LogP contribution < -0.4 is 20.7 Å². The summed E-state index contributed by atoms with van der Waals surface area (Å²) in [5, 5.41) is 3.99. The summed E-state index contributed by atoms with van der Waals surface area (Å²) in [5.74, 6) is 0.885. The maximum absolute atomic E-state index is 12.5. The van der Waals surface area contributed by atoms with Gasteiger partial charge in [0, 0.05) is 12.4 Å². The van der Waals surface area contributed by atoms with Crippen LogP contribution in [0.1, 0.15) is 27.2 Å². The first-order valence-corrected chi connectivity index (χ1v) is 11.5. The zero-order chi connectivity index (χ0) is 25.8. The summed E-state index contributed by atoms with van der Waals surface area (Å²) in [6.07, 6.45) is 3.11. The number of esters is 1. The third-order valence-corrected chi connectivity index (χ3v) is 5.79. The second-order valence-electron chi connectivity index (χ2n) is 7.76. The number of methoxy groups -OCH3 is 1. The van der Waals surface area contributed by atoms with Gasteiger partial charge in [-0.25, -0.2) is 9.59 Å². The highest BCUT2D eigenvalue weighted by molar-refractivity contribution is 9.10. The molecule has 36 heavy (non-hydrogen) atoms. The van der Waals surface area contributed by atoms with E-state index in [0.717, 1.165) is 9.15 Å². The van der Waals surface area contributed by atoms with E-state index in [1.54, 1.807) is 62.0 Å². The number of carbonyl (C=O) groups excluding carboxylic acids is 1. The first-order valence-electron chi connectivity index (χ1n) is 10.7. The van der Waals surface area contributed by atoms with Gasteiger partial charge in [-0.1, -0.05) is 0 Å². The van der Waals surface area contributed by atoms with E-state index in [-0.39, 0.29) is 6.61 Å². The van der Waals surface area contributed by atoms with E-state index < -0.39 is 22.9 Å². The van der Waals surface area contributed by atoms with Crippen molar-refractivity contribution in [3.8, 4) is 22.9 Å². The number of carbonyl (C=O) groups is 1. The minimum absolute atomic E-state index is 0.0761. The van der Waals surface area contributed by atoms with Gasteiger partial charge in [-0.2, -0.15) is 9.78 Å². The molecule has 2 aromatic heterocycles. The number of nitrogens with zero attached hydrogens (tertiary/aromatic N) is 3. The summed E-state index contributed by atoms with van der Waals surface area (Å²) in [6.45, 7) is 3.54. The van der Waals surface area contributed by atoms with E-state index in [1.807, 2.05) is 13.8 Å². The second kappa shape index (κ2) is 10.6.